The number of H-pyrrole nitrogens is 1. The standard InChI is InChI=1S/C25H29ClFN5O4/c1-25(2)10-13(22(33)32-25)9-14(11-28)29-23(34)16(8-12-4-5-12)30-24(35)21-19(27)18-17(36-3)7-6-15(26)20(18)31-21/h6-7,12-14,16,31H,4-5,8-10H2,1-3H3,(H,29,34)(H,30,35)(H,32,33). The van der Waals surface area contributed by atoms with Gasteiger partial charge in [0.2, 0.25) is 11.8 Å². The van der Waals surface area contributed by atoms with E-state index in [0.717, 1.165) is 12.8 Å². The molecule has 4 N–H and O–H groups in total. The monoisotopic (exact) mass is 517 g/mol. The average Bonchev–Trinajstić information content (AvgIpc) is 3.51. The zero-order valence-corrected chi connectivity index (χ0v) is 21.1. The van der Waals surface area contributed by atoms with E-state index in [-0.39, 0.29) is 51.2 Å². The summed E-state index contributed by atoms with van der Waals surface area (Å²) in [5, 5.41) is 18.0. The Morgan fingerprint density at radius 2 is 2.03 bits per heavy atom. The van der Waals surface area contributed by atoms with Crippen molar-refractivity contribution in [1.29, 1.82) is 5.26 Å². The summed E-state index contributed by atoms with van der Waals surface area (Å²) in [7, 11) is 1.38. The molecule has 1 aliphatic carbocycles. The highest BCUT2D eigenvalue weighted by Crippen LogP contribution is 2.36. The average molecular weight is 518 g/mol. The number of hydrogen-bond donors (Lipinski definition) is 4. The second-order valence-corrected chi connectivity index (χ2v) is 10.6. The Kier molecular flexibility index (Phi) is 7.14. The van der Waals surface area contributed by atoms with Gasteiger partial charge in [0.1, 0.15) is 23.5 Å². The van der Waals surface area contributed by atoms with E-state index < -0.39 is 35.6 Å². The fourth-order valence-corrected chi connectivity index (χ4v) is 4.97. The normalized spacial score (nSPS) is 20.3. The first-order valence-corrected chi connectivity index (χ1v) is 12.3. The number of amides is 3. The molecule has 0 radical (unpaired) electrons. The summed E-state index contributed by atoms with van der Waals surface area (Å²) < 4.78 is 20.4. The Labute approximate surface area is 213 Å². The topological polar surface area (TPSA) is 136 Å². The molecule has 0 bridgehead atoms. The number of carbonyl (C=O) groups excluding carboxylic acids is 3. The third-order valence-electron chi connectivity index (χ3n) is 6.72. The Bertz CT molecular complexity index is 1250. The molecule has 3 unspecified atom stereocenters. The van der Waals surface area contributed by atoms with Crippen LogP contribution in [0.15, 0.2) is 12.1 Å². The van der Waals surface area contributed by atoms with Gasteiger partial charge in [0.15, 0.2) is 5.82 Å². The largest absolute Gasteiger partial charge is 0.496 e. The predicted molar refractivity (Wildman–Crippen MR) is 131 cm³/mol. The highest BCUT2D eigenvalue weighted by Gasteiger charge is 2.39. The smallest absolute Gasteiger partial charge is 0.271 e. The van der Waals surface area contributed by atoms with Crippen molar-refractivity contribution in [2.75, 3.05) is 7.11 Å². The Morgan fingerprint density at radius 3 is 2.61 bits per heavy atom. The SMILES string of the molecule is COc1ccc(Cl)c2[nH]c(C(=O)NC(CC3CC3)C(=O)NC(C#N)CC3CC(C)(C)NC3=O)c(F)c12. The van der Waals surface area contributed by atoms with Gasteiger partial charge in [-0.15, -0.1) is 0 Å². The van der Waals surface area contributed by atoms with Crippen LogP contribution in [0.1, 0.15) is 56.4 Å². The van der Waals surface area contributed by atoms with Gasteiger partial charge in [-0.3, -0.25) is 14.4 Å². The van der Waals surface area contributed by atoms with Crippen molar-refractivity contribution in [2.24, 2.45) is 11.8 Å². The van der Waals surface area contributed by atoms with E-state index in [2.05, 4.69) is 20.9 Å². The highest BCUT2D eigenvalue weighted by atomic mass is 35.5. The number of halogens is 2. The van der Waals surface area contributed by atoms with E-state index in [0.29, 0.717) is 12.8 Å². The molecular formula is C25H29ClFN5O4. The molecule has 2 aromatic rings. The van der Waals surface area contributed by atoms with E-state index in [9.17, 15) is 19.6 Å². The summed E-state index contributed by atoms with van der Waals surface area (Å²) in [5.41, 5.74) is -0.528. The molecule has 1 aromatic heterocycles. The maximum absolute atomic E-state index is 15.2. The van der Waals surface area contributed by atoms with E-state index in [1.165, 1.54) is 19.2 Å². The van der Waals surface area contributed by atoms with Crippen LogP contribution in [0, 0.1) is 29.0 Å². The number of benzene rings is 1. The van der Waals surface area contributed by atoms with Gasteiger partial charge in [0.25, 0.3) is 5.91 Å². The van der Waals surface area contributed by atoms with Gasteiger partial charge in [-0.1, -0.05) is 24.4 Å². The highest BCUT2D eigenvalue weighted by molar-refractivity contribution is 6.35. The Morgan fingerprint density at radius 1 is 1.31 bits per heavy atom. The van der Waals surface area contributed by atoms with Crippen LogP contribution in [-0.2, 0) is 9.59 Å². The van der Waals surface area contributed by atoms with Crippen molar-refractivity contribution in [3.63, 3.8) is 0 Å². The number of rotatable bonds is 9. The van der Waals surface area contributed by atoms with Crippen LogP contribution < -0.4 is 20.7 Å². The lowest BCUT2D eigenvalue weighted by Crippen LogP contribution is -2.50. The van der Waals surface area contributed by atoms with Gasteiger partial charge < -0.3 is 25.7 Å². The number of nitrogens with one attached hydrogen (secondary N) is 4. The van der Waals surface area contributed by atoms with Crippen molar-refractivity contribution >= 4 is 40.2 Å². The lowest BCUT2D eigenvalue weighted by atomic mass is 9.92. The van der Waals surface area contributed by atoms with Gasteiger partial charge in [-0.25, -0.2) is 4.39 Å². The van der Waals surface area contributed by atoms with Crippen LogP contribution in [0.2, 0.25) is 5.02 Å². The molecule has 9 nitrogen and oxygen atoms in total. The van der Waals surface area contributed by atoms with Crippen LogP contribution in [0.25, 0.3) is 10.9 Å². The van der Waals surface area contributed by atoms with E-state index in [4.69, 9.17) is 16.3 Å². The fourth-order valence-electron chi connectivity index (χ4n) is 4.76. The van der Waals surface area contributed by atoms with Crippen molar-refractivity contribution in [3.8, 4) is 11.8 Å². The quantitative estimate of drug-likeness (QED) is 0.405. The minimum Gasteiger partial charge on any atom is -0.496 e. The molecule has 3 atom stereocenters. The number of fused-ring (bicyclic) bond motifs is 1. The summed E-state index contributed by atoms with van der Waals surface area (Å²) in [4.78, 5) is 41.1. The van der Waals surface area contributed by atoms with Gasteiger partial charge >= 0.3 is 0 Å². The number of methoxy groups -OCH3 is 1. The number of ether oxygens (including phenoxy) is 1. The summed E-state index contributed by atoms with van der Waals surface area (Å²) in [6.07, 6.45) is 2.92. The van der Waals surface area contributed by atoms with Crippen LogP contribution in [-0.4, -0.2) is 47.4 Å². The van der Waals surface area contributed by atoms with Crippen molar-refractivity contribution in [2.45, 2.75) is 63.6 Å². The van der Waals surface area contributed by atoms with Gasteiger partial charge in [0.05, 0.1) is 29.1 Å². The minimum atomic E-state index is -0.974. The maximum Gasteiger partial charge on any atom is 0.271 e. The van der Waals surface area contributed by atoms with Crippen molar-refractivity contribution < 1.29 is 23.5 Å². The predicted octanol–water partition coefficient (Wildman–Crippen LogP) is 3.18. The van der Waals surface area contributed by atoms with Gasteiger partial charge in [-0.2, -0.15) is 5.26 Å². The molecule has 1 aromatic carbocycles. The first kappa shape index (κ1) is 25.8. The molecule has 2 fully saturated rings. The molecule has 2 heterocycles. The first-order chi connectivity index (χ1) is 17.0. The van der Waals surface area contributed by atoms with E-state index in [1.54, 1.807) is 0 Å². The summed E-state index contributed by atoms with van der Waals surface area (Å²) in [5.74, 6) is -2.28. The van der Waals surface area contributed by atoms with Gasteiger partial charge in [-0.05, 0) is 51.2 Å². The van der Waals surface area contributed by atoms with Crippen LogP contribution in [0.3, 0.4) is 0 Å². The zero-order valence-electron chi connectivity index (χ0n) is 20.3. The number of carbonyl (C=O) groups is 3. The van der Waals surface area contributed by atoms with Crippen molar-refractivity contribution in [1.82, 2.24) is 20.9 Å². The lowest BCUT2D eigenvalue weighted by molar-refractivity contribution is -0.125. The molecule has 3 amide bonds. The second-order valence-electron chi connectivity index (χ2n) is 10.2. The van der Waals surface area contributed by atoms with E-state index >= 15 is 4.39 Å². The van der Waals surface area contributed by atoms with Crippen molar-refractivity contribution in [3.05, 3.63) is 28.7 Å². The first-order valence-electron chi connectivity index (χ1n) is 11.9. The number of aromatic nitrogens is 1. The molecule has 192 valence electrons. The molecule has 0 spiro atoms. The van der Waals surface area contributed by atoms with Gasteiger partial charge in [0, 0.05) is 11.5 Å². The molecule has 1 aliphatic heterocycles. The molecule has 11 heteroatoms. The number of nitriles is 1. The molecule has 4 rings (SSSR count). The van der Waals surface area contributed by atoms with E-state index in [1.807, 2.05) is 19.9 Å². The molecular weight excluding hydrogens is 489 g/mol. The zero-order chi connectivity index (χ0) is 26.2. The molecule has 36 heavy (non-hydrogen) atoms. The lowest BCUT2D eigenvalue weighted by Gasteiger charge is -2.21. The minimum absolute atomic E-state index is 0.0423. The number of nitrogens with zero attached hydrogens (tertiary/aromatic N) is 1. The summed E-state index contributed by atoms with van der Waals surface area (Å²) in [6, 6.07) is 3.19. The third-order valence-corrected chi connectivity index (χ3v) is 7.04. The number of aromatic amines is 1. The third kappa shape index (κ3) is 5.41. The molecule has 1 saturated carbocycles. The fraction of sp³-hybridized carbons (Fsp3) is 0.520. The number of hydrogen-bond acceptors (Lipinski definition) is 5. The second kappa shape index (κ2) is 9.97. The van der Waals surface area contributed by atoms with Crippen LogP contribution in [0.5, 0.6) is 5.75 Å². The Hall–Kier alpha value is -3.32. The molecule has 1 saturated heterocycles. The summed E-state index contributed by atoms with van der Waals surface area (Å²) in [6.45, 7) is 3.80. The molecule has 2 aliphatic rings. The van der Waals surface area contributed by atoms with Crippen LogP contribution >= 0.6 is 11.6 Å². The maximum atomic E-state index is 15.2. The van der Waals surface area contributed by atoms with Crippen LogP contribution in [0.4, 0.5) is 4.39 Å². The summed E-state index contributed by atoms with van der Waals surface area (Å²) >= 11 is 6.17. The Balaban J connectivity index is 1.49.